The first-order valence-electron chi connectivity index (χ1n) is 19.5. The third-order valence-electron chi connectivity index (χ3n) is 11.7. The van der Waals surface area contributed by atoms with Crippen LogP contribution >= 0.6 is 11.3 Å². The van der Waals surface area contributed by atoms with Gasteiger partial charge < -0.3 is 9.13 Å². The molecule has 12 rings (SSSR count). The summed E-state index contributed by atoms with van der Waals surface area (Å²) in [6.07, 6.45) is 0. The number of nitrogens with zero attached hydrogens (tertiary/aromatic N) is 2. The Morgan fingerprint density at radius 2 is 0.684 bits per heavy atom. The summed E-state index contributed by atoms with van der Waals surface area (Å²) in [6, 6.07) is 75.8. The highest BCUT2D eigenvalue weighted by Gasteiger charge is 2.18. The monoisotopic (exact) mass is 742 g/mol. The van der Waals surface area contributed by atoms with E-state index < -0.39 is 0 Å². The standard InChI is InChI=1S/C54H34N2S/c1-3-13-35(14-4-1)38-29-39(36-15-5-2-6-16-36)31-40(30-38)37-23-26-51-46(32-37)47-33-41(55-49-20-10-7-17-43(49)44-18-8-11-21-50(44)55)24-27-52(47)56(51)42-25-28-54-48(34-42)45-19-9-12-22-53(45)57-54/h1-34H. The molecule has 0 saturated heterocycles. The minimum atomic E-state index is 1.15. The van der Waals surface area contributed by atoms with Crippen LogP contribution in [0.15, 0.2) is 206 Å². The van der Waals surface area contributed by atoms with E-state index in [2.05, 4.69) is 215 Å². The molecule has 0 spiro atoms. The van der Waals surface area contributed by atoms with Crippen molar-refractivity contribution in [1.82, 2.24) is 9.13 Å². The molecule has 0 aliphatic rings. The van der Waals surface area contributed by atoms with E-state index >= 15 is 0 Å². The quantitative estimate of drug-likeness (QED) is 0.166. The van der Waals surface area contributed by atoms with Gasteiger partial charge in [-0.15, -0.1) is 11.3 Å². The number of fused-ring (bicyclic) bond motifs is 9. The van der Waals surface area contributed by atoms with E-state index in [1.54, 1.807) is 0 Å². The normalized spacial score (nSPS) is 11.9. The minimum Gasteiger partial charge on any atom is -0.309 e. The predicted octanol–water partition coefficient (Wildman–Crippen LogP) is 15.2. The first-order chi connectivity index (χ1) is 28.2. The molecule has 0 fully saturated rings. The summed E-state index contributed by atoms with van der Waals surface area (Å²) in [5, 5.41) is 7.59. The Hall–Kier alpha value is -7.20. The van der Waals surface area contributed by atoms with Crippen LogP contribution in [-0.2, 0) is 0 Å². The Bertz CT molecular complexity index is 3400. The Morgan fingerprint density at radius 1 is 0.246 bits per heavy atom. The van der Waals surface area contributed by atoms with Crippen molar-refractivity contribution in [2.24, 2.45) is 0 Å². The van der Waals surface area contributed by atoms with Crippen molar-refractivity contribution < 1.29 is 0 Å². The second-order valence-electron chi connectivity index (χ2n) is 14.9. The van der Waals surface area contributed by atoms with Gasteiger partial charge in [-0.3, -0.25) is 0 Å². The molecule has 0 N–H and O–H groups in total. The van der Waals surface area contributed by atoms with E-state index in [0.29, 0.717) is 0 Å². The summed E-state index contributed by atoms with van der Waals surface area (Å²) in [5.41, 5.74) is 14.3. The lowest BCUT2D eigenvalue weighted by atomic mass is 9.93. The van der Waals surface area contributed by atoms with E-state index in [1.807, 2.05) is 11.3 Å². The molecule has 0 amide bonds. The summed E-state index contributed by atoms with van der Waals surface area (Å²) in [6.45, 7) is 0. The number of rotatable bonds is 5. The number of hydrogen-bond donors (Lipinski definition) is 0. The zero-order valence-electron chi connectivity index (χ0n) is 30.9. The van der Waals surface area contributed by atoms with Crippen LogP contribution in [0.25, 0.3) is 109 Å². The van der Waals surface area contributed by atoms with Crippen molar-refractivity contribution >= 4 is 75.1 Å². The highest BCUT2D eigenvalue weighted by Crippen LogP contribution is 2.41. The van der Waals surface area contributed by atoms with Crippen LogP contribution in [0.4, 0.5) is 0 Å². The molecule has 3 aromatic heterocycles. The summed E-state index contributed by atoms with van der Waals surface area (Å²) in [7, 11) is 0. The van der Waals surface area contributed by atoms with Crippen LogP contribution in [0.1, 0.15) is 0 Å². The molecular weight excluding hydrogens is 709 g/mol. The predicted molar refractivity (Wildman–Crippen MR) is 244 cm³/mol. The van der Waals surface area contributed by atoms with Crippen molar-refractivity contribution in [3.63, 3.8) is 0 Å². The van der Waals surface area contributed by atoms with Gasteiger partial charge in [0, 0.05) is 53.1 Å². The SMILES string of the molecule is c1ccc(-c2cc(-c3ccccc3)cc(-c3ccc4c(c3)c3cc(-n5c6ccccc6c6ccccc65)ccc3n4-c3ccc4sc5ccccc5c4c3)c2)cc1. The molecule has 9 aromatic carbocycles. The van der Waals surface area contributed by atoms with Gasteiger partial charge in [-0.1, -0.05) is 121 Å². The van der Waals surface area contributed by atoms with Gasteiger partial charge in [-0.05, 0) is 118 Å². The maximum absolute atomic E-state index is 2.46. The number of hydrogen-bond acceptors (Lipinski definition) is 1. The number of para-hydroxylation sites is 2. The fourth-order valence-corrected chi connectivity index (χ4v) is 10.1. The van der Waals surface area contributed by atoms with Crippen LogP contribution in [-0.4, -0.2) is 9.13 Å². The molecule has 0 unspecified atom stereocenters. The topological polar surface area (TPSA) is 9.86 Å². The molecule has 3 heterocycles. The van der Waals surface area contributed by atoms with E-state index in [1.165, 1.54) is 103 Å². The van der Waals surface area contributed by atoms with Gasteiger partial charge in [-0.25, -0.2) is 0 Å². The Morgan fingerprint density at radius 3 is 1.32 bits per heavy atom. The molecular formula is C54H34N2S. The van der Waals surface area contributed by atoms with E-state index in [0.717, 1.165) is 5.69 Å². The average Bonchev–Trinajstić information content (AvgIpc) is 3.94. The van der Waals surface area contributed by atoms with E-state index in [-0.39, 0.29) is 0 Å². The van der Waals surface area contributed by atoms with E-state index in [4.69, 9.17) is 0 Å². The fourth-order valence-electron chi connectivity index (χ4n) is 9.05. The summed E-state index contributed by atoms with van der Waals surface area (Å²) in [5.74, 6) is 0. The van der Waals surface area contributed by atoms with Gasteiger partial charge in [0.2, 0.25) is 0 Å². The van der Waals surface area contributed by atoms with Crippen LogP contribution in [0.2, 0.25) is 0 Å². The molecule has 266 valence electrons. The molecule has 0 atom stereocenters. The van der Waals surface area contributed by atoms with Gasteiger partial charge in [0.15, 0.2) is 0 Å². The number of benzene rings is 9. The molecule has 12 aromatic rings. The molecule has 0 bridgehead atoms. The van der Waals surface area contributed by atoms with Crippen LogP contribution in [0, 0.1) is 0 Å². The van der Waals surface area contributed by atoms with Gasteiger partial charge in [-0.2, -0.15) is 0 Å². The zero-order valence-corrected chi connectivity index (χ0v) is 31.7. The number of aromatic nitrogens is 2. The van der Waals surface area contributed by atoms with Crippen molar-refractivity contribution in [3.8, 4) is 44.8 Å². The molecule has 3 heteroatoms. The first-order valence-corrected chi connectivity index (χ1v) is 20.3. The van der Waals surface area contributed by atoms with Gasteiger partial charge >= 0.3 is 0 Å². The van der Waals surface area contributed by atoms with Crippen molar-refractivity contribution in [2.75, 3.05) is 0 Å². The largest absolute Gasteiger partial charge is 0.309 e. The molecule has 57 heavy (non-hydrogen) atoms. The first kappa shape index (κ1) is 32.1. The van der Waals surface area contributed by atoms with E-state index in [9.17, 15) is 0 Å². The smallest absolute Gasteiger partial charge is 0.0542 e. The highest BCUT2D eigenvalue weighted by atomic mass is 32.1. The van der Waals surface area contributed by atoms with Crippen molar-refractivity contribution in [1.29, 1.82) is 0 Å². The average molecular weight is 743 g/mol. The van der Waals surface area contributed by atoms with Gasteiger partial charge in [0.1, 0.15) is 0 Å². The summed E-state index contributed by atoms with van der Waals surface area (Å²) >= 11 is 1.86. The van der Waals surface area contributed by atoms with Crippen LogP contribution in [0.5, 0.6) is 0 Å². The summed E-state index contributed by atoms with van der Waals surface area (Å²) < 4.78 is 7.52. The fraction of sp³-hybridized carbons (Fsp3) is 0. The molecule has 2 nitrogen and oxygen atoms in total. The van der Waals surface area contributed by atoms with Crippen LogP contribution < -0.4 is 0 Å². The van der Waals surface area contributed by atoms with Crippen molar-refractivity contribution in [2.45, 2.75) is 0 Å². The minimum absolute atomic E-state index is 1.15. The lowest BCUT2D eigenvalue weighted by molar-refractivity contribution is 1.17. The molecule has 0 aliphatic carbocycles. The lowest BCUT2D eigenvalue weighted by Gasteiger charge is -2.12. The maximum atomic E-state index is 2.46. The second-order valence-corrected chi connectivity index (χ2v) is 16.0. The summed E-state index contributed by atoms with van der Waals surface area (Å²) in [4.78, 5) is 0. The highest BCUT2D eigenvalue weighted by molar-refractivity contribution is 7.25. The molecule has 0 saturated carbocycles. The van der Waals surface area contributed by atoms with Crippen LogP contribution in [0.3, 0.4) is 0 Å². The maximum Gasteiger partial charge on any atom is 0.0542 e. The Balaban J connectivity index is 1.13. The molecule has 0 aliphatic heterocycles. The third-order valence-corrected chi connectivity index (χ3v) is 12.8. The third kappa shape index (κ3) is 5.10. The zero-order chi connectivity index (χ0) is 37.5. The number of thiophene rings is 1. The lowest BCUT2D eigenvalue weighted by Crippen LogP contribution is -1.95. The van der Waals surface area contributed by atoms with Crippen molar-refractivity contribution in [3.05, 3.63) is 206 Å². The molecule has 0 radical (unpaired) electrons. The Labute approximate surface area is 333 Å². The second kappa shape index (κ2) is 12.7. The van der Waals surface area contributed by atoms with Gasteiger partial charge in [0.05, 0.1) is 22.1 Å². The van der Waals surface area contributed by atoms with Gasteiger partial charge in [0.25, 0.3) is 0 Å². The Kier molecular flexibility index (Phi) is 7.13.